The Kier molecular flexibility index (Phi) is 10.8. The van der Waals surface area contributed by atoms with E-state index in [1.54, 1.807) is 11.3 Å². The van der Waals surface area contributed by atoms with Gasteiger partial charge in [-0.15, -0.1) is 16.4 Å². The van der Waals surface area contributed by atoms with Crippen LogP contribution in [0.2, 0.25) is 0 Å². The molecule has 3 aromatic heterocycles. The number of aliphatic carboxylic acids is 2. The largest absolute Gasteiger partial charge is 0.490 e. The highest BCUT2D eigenvalue weighted by Crippen LogP contribution is 2.28. The standard InChI is InChI=1S/C22H24N6S.2C2HF3O2/c1-16-3-5-17(6-4-16)18-7-8-19-22(24-25-28(19)13-18)20-14-27(11-10-26(20)2)15-21-23-9-12-29-21;2*3-2(4,5)1(6)7/h3-9,12-13,20H,10-11,14-15H2,1-2H3;2*(H,6,7). The highest BCUT2D eigenvalue weighted by Gasteiger charge is 2.39. The number of hydrogen-bond acceptors (Lipinski definition) is 8. The van der Waals surface area contributed by atoms with Crippen molar-refractivity contribution in [2.24, 2.45) is 0 Å². The van der Waals surface area contributed by atoms with Crippen LogP contribution in [0.25, 0.3) is 16.6 Å². The van der Waals surface area contributed by atoms with Crippen LogP contribution in [-0.4, -0.2) is 90.8 Å². The van der Waals surface area contributed by atoms with Crippen molar-refractivity contribution in [3.63, 3.8) is 0 Å². The second-order valence-electron chi connectivity index (χ2n) is 9.35. The summed E-state index contributed by atoms with van der Waals surface area (Å²) in [4.78, 5) is 27.1. The Morgan fingerprint density at radius 3 is 2.07 bits per heavy atom. The molecule has 1 fully saturated rings. The fourth-order valence-corrected chi connectivity index (χ4v) is 4.62. The van der Waals surface area contributed by atoms with Crippen molar-refractivity contribution in [2.45, 2.75) is 31.9 Å². The summed E-state index contributed by atoms with van der Waals surface area (Å²) < 4.78 is 65.4. The summed E-state index contributed by atoms with van der Waals surface area (Å²) in [5.74, 6) is -5.51. The van der Waals surface area contributed by atoms with E-state index < -0.39 is 24.3 Å². The molecule has 0 spiro atoms. The lowest BCUT2D eigenvalue weighted by Crippen LogP contribution is -2.46. The van der Waals surface area contributed by atoms with Gasteiger partial charge >= 0.3 is 24.3 Å². The van der Waals surface area contributed by atoms with Gasteiger partial charge in [0.05, 0.1) is 18.1 Å². The van der Waals surface area contributed by atoms with Crippen LogP contribution in [0.15, 0.2) is 54.2 Å². The number of pyridine rings is 1. The van der Waals surface area contributed by atoms with Crippen molar-refractivity contribution in [3.8, 4) is 11.1 Å². The summed E-state index contributed by atoms with van der Waals surface area (Å²) in [5.41, 5.74) is 5.73. The predicted molar refractivity (Wildman–Crippen MR) is 143 cm³/mol. The molecule has 0 bridgehead atoms. The lowest BCUT2D eigenvalue weighted by Gasteiger charge is -2.38. The van der Waals surface area contributed by atoms with Gasteiger partial charge in [0.1, 0.15) is 10.7 Å². The number of nitrogens with zero attached hydrogens (tertiary/aromatic N) is 6. The number of alkyl halides is 6. The molecule has 2 N–H and O–H groups in total. The maximum atomic E-state index is 10.6. The minimum Gasteiger partial charge on any atom is -0.475 e. The van der Waals surface area contributed by atoms with E-state index in [2.05, 4.69) is 81.7 Å². The zero-order valence-electron chi connectivity index (χ0n) is 22.7. The number of halogens is 6. The minimum atomic E-state index is -5.08. The number of hydrogen-bond donors (Lipinski definition) is 2. The van der Waals surface area contributed by atoms with E-state index in [4.69, 9.17) is 19.8 Å². The molecule has 10 nitrogen and oxygen atoms in total. The van der Waals surface area contributed by atoms with Gasteiger partial charge in [0, 0.05) is 43.0 Å². The van der Waals surface area contributed by atoms with Crippen LogP contribution in [0, 0.1) is 6.92 Å². The van der Waals surface area contributed by atoms with Crippen molar-refractivity contribution < 1.29 is 46.1 Å². The Morgan fingerprint density at radius 2 is 1.53 bits per heavy atom. The van der Waals surface area contributed by atoms with E-state index in [1.165, 1.54) is 16.1 Å². The SMILES string of the molecule is Cc1ccc(-c2ccc3c(C4CN(Cc5nccs5)CCN4C)nnn3c2)cc1.O=C(O)C(F)(F)F.O=C(O)C(F)(F)F. The third kappa shape index (κ3) is 9.45. The van der Waals surface area contributed by atoms with E-state index in [0.29, 0.717) is 0 Å². The first-order valence-corrected chi connectivity index (χ1v) is 13.3. The molecular weight excluding hydrogens is 606 g/mol. The van der Waals surface area contributed by atoms with Gasteiger partial charge in [-0.1, -0.05) is 41.1 Å². The number of aromatic nitrogens is 4. The molecule has 0 radical (unpaired) electrons. The van der Waals surface area contributed by atoms with Crippen molar-refractivity contribution in [2.75, 3.05) is 26.7 Å². The monoisotopic (exact) mass is 632 g/mol. The first-order chi connectivity index (χ1) is 20.1. The average molecular weight is 633 g/mol. The van der Waals surface area contributed by atoms with Crippen LogP contribution in [0.1, 0.15) is 22.3 Å². The molecule has 1 saturated heterocycles. The molecule has 5 rings (SSSR count). The normalized spacial score (nSPS) is 16.1. The second kappa shape index (κ2) is 13.9. The summed E-state index contributed by atoms with van der Waals surface area (Å²) in [6.07, 6.45) is -6.21. The summed E-state index contributed by atoms with van der Waals surface area (Å²) in [7, 11) is 2.18. The molecule has 1 aliphatic heterocycles. The third-order valence-corrected chi connectivity index (χ3v) is 6.96. The molecule has 1 unspecified atom stereocenters. The molecule has 0 amide bonds. The van der Waals surface area contributed by atoms with Crippen LogP contribution in [0.4, 0.5) is 26.3 Å². The van der Waals surface area contributed by atoms with Crippen molar-refractivity contribution in [3.05, 3.63) is 70.4 Å². The Morgan fingerprint density at radius 1 is 0.953 bits per heavy atom. The highest BCUT2D eigenvalue weighted by atomic mass is 32.1. The molecule has 0 saturated carbocycles. The molecule has 232 valence electrons. The first-order valence-electron chi connectivity index (χ1n) is 12.4. The van der Waals surface area contributed by atoms with E-state index >= 15 is 0 Å². The number of carboxylic acid groups (broad SMARTS) is 2. The fraction of sp³-hybridized carbons (Fsp3) is 0.346. The van der Waals surface area contributed by atoms with Gasteiger partial charge in [-0.25, -0.2) is 19.1 Å². The maximum absolute atomic E-state index is 10.6. The molecule has 1 aromatic carbocycles. The van der Waals surface area contributed by atoms with E-state index in [0.717, 1.165) is 43.0 Å². The van der Waals surface area contributed by atoms with E-state index in [9.17, 15) is 26.3 Å². The Bertz CT molecular complexity index is 1490. The summed E-state index contributed by atoms with van der Waals surface area (Å²) >= 11 is 1.72. The van der Waals surface area contributed by atoms with Gasteiger partial charge in [-0.05, 0) is 25.6 Å². The van der Waals surface area contributed by atoms with Gasteiger partial charge in [0.25, 0.3) is 0 Å². The smallest absolute Gasteiger partial charge is 0.475 e. The van der Waals surface area contributed by atoms with Crippen LogP contribution >= 0.6 is 11.3 Å². The average Bonchev–Trinajstić information content (AvgIpc) is 3.59. The fourth-order valence-electron chi connectivity index (χ4n) is 3.96. The quantitative estimate of drug-likeness (QED) is 0.302. The zero-order valence-corrected chi connectivity index (χ0v) is 23.5. The molecule has 4 heterocycles. The van der Waals surface area contributed by atoms with Gasteiger partial charge in [-0.2, -0.15) is 26.3 Å². The molecule has 1 atom stereocenters. The van der Waals surface area contributed by atoms with Gasteiger partial charge in [-0.3, -0.25) is 9.80 Å². The van der Waals surface area contributed by atoms with Crippen LogP contribution in [0.5, 0.6) is 0 Å². The maximum Gasteiger partial charge on any atom is 0.490 e. The Labute approximate surface area is 244 Å². The number of aryl methyl sites for hydroxylation is 1. The van der Waals surface area contributed by atoms with Crippen molar-refractivity contribution in [1.29, 1.82) is 0 Å². The molecular formula is C26H26F6N6O4S. The number of benzene rings is 1. The topological polar surface area (TPSA) is 124 Å². The summed E-state index contributed by atoms with van der Waals surface area (Å²) in [6.45, 7) is 6.00. The lowest BCUT2D eigenvalue weighted by atomic mass is 10.0. The van der Waals surface area contributed by atoms with Gasteiger partial charge in [0.15, 0.2) is 0 Å². The Hall–Kier alpha value is -4.09. The molecule has 43 heavy (non-hydrogen) atoms. The number of piperazine rings is 1. The van der Waals surface area contributed by atoms with Crippen LogP contribution in [-0.2, 0) is 16.1 Å². The zero-order chi connectivity index (χ0) is 31.9. The number of carbonyl (C=O) groups is 2. The minimum absolute atomic E-state index is 0.228. The Balaban J connectivity index is 0.000000303. The predicted octanol–water partition coefficient (Wildman–Crippen LogP) is 4.92. The molecule has 4 aromatic rings. The van der Waals surface area contributed by atoms with Gasteiger partial charge < -0.3 is 10.2 Å². The lowest BCUT2D eigenvalue weighted by molar-refractivity contribution is -0.193. The first kappa shape index (κ1) is 33.4. The molecule has 1 aliphatic rings. The third-order valence-electron chi connectivity index (χ3n) is 6.20. The van der Waals surface area contributed by atoms with Crippen LogP contribution in [0.3, 0.4) is 0 Å². The number of carboxylic acids is 2. The number of fused-ring (bicyclic) bond motifs is 1. The molecule has 0 aliphatic carbocycles. The van der Waals surface area contributed by atoms with Crippen molar-refractivity contribution >= 4 is 28.8 Å². The number of thiazole rings is 1. The van der Waals surface area contributed by atoms with Crippen molar-refractivity contribution in [1.82, 2.24) is 29.6 Å². The van der Waals surface area contributed by atoms with E-state index in [-0.39, 0.29) is 6.04 Å². The van der Waals surface area contributed by atoms with Gasteiger partial charge in [0.2, 0.25) is 0 Å². The number of rotatable bonds is 4. The summed E-state index contributed by atoms with van der Waals surface area (Å²) in [6, 6.07) is 13.1. The highest BCUT2D eigenvalue weighted by molar-refractivity contribution is 7.09. The number of likely N-dealkylation sites (N-methyl/N-ethyl adjacent to an activating group) is 1. The second-order valence-corrected chi connectivity index (χ2v) is 10.3. The van der Waals surface area contributed by atoms with Crippen LogP contribution < -0.4 is 0 Å². The molecule has 17 heteroatoms. The van der Waals surface area contributed by atoms with E-state index in [1.807, 2.05) is 16.1 Å². The summed E-state index contributed by atoms with van der Waals surface area (Å²) in [5, 5.41) is 26.5.